The van der Waals surface area contributed by atoms with Crippen LogP contribution < -0.4 is 10.2 Å². The molecule has 2 amide bonds. The Hall–Kier alpha value is -2.12. The Bertz CT molecular complexity index is 795. The van der Waals surface area contributed by atoms with Gasteiger partial charge in [0.2, 0.25) is 5.91 Å². The molecule has 2 heterocycles. The van der Waals surface area contributed by atoms with Crippen molar-refractivity contribution in [3.8, 4) is 0 Å². The van der Waals surface area contributed by atoms with Crippen LogP contribution in [0.5, 0.6) is 0 Å². The number of hydrogen-bond acceptors (Lipinski definition) is 5. The highest BCUT2D eigenvalue weighted by Gasteiger charge is 2.21. The number of anilines is 1. The van der Waals surface area contributed by atoms with Crippen LogP contribution in [0.4, 0.5) is 5.13 Å². The molecule has 138 valence electrons. The molecule has 0 saturated carbocycles. The molecular formula is C18H21ClN4O2S. The number of benzene rings is 1. The van der Waals surface area contributed by atoms with Gasteiger partial charge in [-0.3, -0.25) is 9.59 Å². The molecule has 0 spiro atoms. The topological polar surface area (TPSA) is 65.5 Å². The molecule has 0 aliphatic carbocycles. The number of halogens is 1. The smallest absolute Gasteiger partial charge is 0.253 e. The predicted molar refractivity (Wildman–Crippen MR) is 104 cm³/mol. The summed E-state index contributed by atoms with van der Waals surface area (Å²) in [4.78, 5) is 33.2. The zero-order chi connectivity index (χ0) is 18.5. The fourth-order valence-electron chi connectivity index (χ4n) is 2.85. The average molecular weight is 393 g/mol. The van der Waals surface area contributed by atoms with Crippen LogP contribution in [0.1, 0.15) is 22.5 Å². The van der Waals surface area contributed by atoms with Crippen molar-refractivity contribution in [2.75, 3.05) is 37.6 Å². The highest BCUT2D eigenvalue weighted by atomic mass is 35.5. The van der Waals surface area contributed by atoms with Crippen molar-refractivity contribution in [2.45, 2.75) is 13.3 Å². The number of aryl methyl sites for hydroxylation is 1. The first-order valence-electron chi connectivity index (χ1n) is 8.52. The second-order valence-electron chi connectivity index (χ2n) is 6.16. The van der Waals surface area contributed by atoms with E-state index in [1.54, 1.807) is 40.5 Å². The van der Waals surface area contributed by atoms with Crippen LogP contribution in [-0.2, 0) is 4.79 Å². The summed E-state index contributed by atoms with van der Waals surface area (Å²) in [5.74, 6) is -0.416. The summed E-state index contributed by atoms with van der Waals surface area (Å²) in [6.45, 7) is 4.89. The van der Waals surface area contributed by atoms with E-state index in [1.807, 2.05) is 12.3 Å². The molecule has 6 nitrogen and oxygen atoms in total. The van der Waals surface area contributed by atoms with Crippen LogP contribution in [-0.4, -0.2) is 54.4 Å². The quantitative estimate of drug-likeness (QED) is 0.868. The maximum Gasteiger partial charge on any atom is 0.253 e. The molecule has 1 aliphatic rings. The van der Waals surface area contributed by atoms with Gasteiger partial charge >= 0.3 is 0 Å². The van der Waals surface area contributed by atoms with Crippen LogP contribution in [0.25, 0.3) is 0 Å². The maximum atomic E-state index is 12.5. The van der Waals surface area contributed by atoms with Gasteiger partial charge in [-0.05, 0) is 25.5 Å². The van der Waals surface area contributed by atoms with Gasteiger partial charge in [-0.1, -0.05) is 23.7 Å². The van der Waals surface area contributed by atoms with E-state index in [0.717, 1.165) is 30.3 Å². The van der Waals surface area contributed by atoms with Crippen molar-refractivity contribution in [1.82, 2.24) is 15.2 Å². The normalized spacial score (nSPS) is 14.8. The molecule has 0 atom stereocenters. The Balaban J connectivity index is 1.52. The number of amides is 2. The van der Waals surface area contributed by atoms with Gasteiger partial charge in [0.15, 0.2) is 5.13 Å². The summed E-state index contributed by atoms with van der Waals surface area (Å²) in [7, 11) is 0. The largest absolute Gasteiger partial charge is 0.346 e. The minimum Gasteiger partial charge on any atom is -0.346 e. The lowest BCUT2D eigenvalue weighted by Crippen LogP contribution is -2.42. The van der Waals surface area contributed by atoms with Crippen molar-refractivity contribution < 1.29 is 9.59 Å². The Morgan fingerprint density at radius 2 is 2.04 bits per heavy atom. The molecule has 1 saturated heterocycles. The van der Waals surface area contributed by atoms with E-state index in [9.17, 15) is 9.59 Å². The lowest BCUT2D eigenvalue weighted by molar-refractivity contribution is -0.129. The van der Waals surface area contributed by atoms with E-state index in [0.29, 0.717) is 23.7 Å². The van der Waals surface area contributed by atoms with Crippen molar-refractivity contribution in [3.05, 3.63) is 45.9 Å². The third-order valence-electron chi connectivity index (χ3n) is 4.24. The second kappa shape index (κ2) is 8.51. The molecular weight excluding hydrogens is 372 g/mol. The molecule has 1 fully saturated rings. The number of carbonyl (C=O) groups excluding carboxylic acids is 2. The molecule has 0 radical (unpaired) electrons. The van der Waals surface area contributed by atoms with Crippen molar-refractivity contribution in [3.63, 3.8) is 0 Å². The van der Waals surface area contributed by atoms with E-state index in [-0.39, 0.29) is 18.4 Å². The second-order valence-corrected chi connectivity index (χ2v) is 7.40. The van der Waals surface area contributed by atoms with Crippen LogP contribution >= 0.6 is 22.9 Å². The Labute approximate surface area is 161 Å². The molecule has 1 aromatic heterocycles. The van der Waals surface area contributed by atoms with Gasteiger partial charge < -0.3 is 15.1 Å². The molecule has 1 N–H and O–H groups in total. The van der Waals surface area contributed by atoms with Crippen LogP contribution in [0.15, 0.2) is 29.6 Å². The molecule has 0 unspecified atom stereocenters. The third kappa shape index (κ3) is 4.53. The van der Waals surface area contributed by atoms with E-state index in [1.165, 1.54) is 0 Å². The van der Waals surface area contributed by atoms with Crippen molar-refractivity contribution in [1.29, 1.82) is 0 Å². The molecule has 2 aromatic rings. The van der Waals surface area contributed by atoms with Gasteiger partial charge in [-0.2, -0.15) is 0 Å². The zero-order valence-corrected chi connectivity index (χ0v) is 16.1. The van der Waals surface area contributed by atoms with Gasteiger partial charge in [0, 0.05) is 31.6 Å². The Morgan fingerprint density at radius 1 is 1.23 bits per heavy atom. The third-order valence-corrected chi connectivity index (χ3v) is 5.59. The predicted octanol–water partition coefficient (Wildman–Crippen LogP) is 2.57. The summed E-state index contributed by atoms with van der Waals surface area (Å²) in [6.07, 6.45) is 0.878. The number of carbonyl (C=O) groups is 2. The molecule has 0 bridgehead atoms. The van der Waals surface area contributed by atoms with Gasteiger partial charge in [0.25, 0.3) is 5.91 Å². The minimum absolute atomic E-state index is 0.0274. The standard InChI is InChI=1S/C18H21ClN4O2S/c1-13-12-26-18(21-13)23-8-4-7-22(9-10-23)16(24)11-20-17(25)14-5-2-3-6-15(14)19/h2-3,5-6,12H,4,7-11H2,1H3,(H,20,25). The van der Waals surface area contributed by atoms with Crippen LogP contribution in [0, 0.1) is 6.92 Å². The van der Waals surface area contributed by atoms with Gasteiger partial charge in [0.1, 0.15) is 0 Å². The number of nitrogens with zero attached hydrogens (tertiary/aromatic N) is 3. The minimum atomic E-state index is -0.335. The Morgan fingerprint density at radius 3 is 2.77 bits per heavy atom. The lowest BCUT2D eigenvalue weighted by Gasteiger charge is -2.22. The number of nitrogens with one attached hydrogen (secondary N) is 1. The molecule has 8 heteroatoms. The van der Waals surface area contributed by atoms with E-state index >= 15 is 0 Å². The van der Waals surface area contributed by atoms with Crippen molar-refractivity contribution in [2.24, 2.45) is 0 Å². The summed E-state index contributed by atoms with van der Waals surface area (Å²) >= 11 is 7.64. The highest BCUT2D eigenvalue weighted by Crippen LogP contribution is 2.21. The molecule has 3 rings (SSSR count). The monoisotopic (exact) mass is 392 g/mol. The van der Waals surface area contributed by atoms with Gasteiger partial charge in [-0.15, -0.1) is 11.3 Å². The SMILES string of the molecule is Cc1csc(N2CCCN(C(=O)CNC(=O)c3ccccc3Cl)CC2)n1. The number of hydrogen-bond donors (Lipinski definition) is 1. The summed E-state index contributed by atoms with van der Waals surface area (Å²) in [6, 6.07) is 6.80. The first-order valence-corrected chi connectivity index (χ1v) is 9.78. The van der Waals surface area contributed by atoms with E-state index in [2.05, 4.69) is 15.2 Å². The molecule has 26 heavy (non-hydrogen) atoms. The first kappa shape index (κ1) is 18.7. The van der Waals surface area contributed by atoms with Crippen LogP contribution in [0.2, 0.25) is 5.02 Å². The summed E-state index contributed by atoms with van der Waals surface area (Å²) < 4.78 is 0. The number of thiazole rings is 1. The molecule has 1 aliphatic heterocycles. The average Bonchev–Trinajstić information content (AvgIpc) is 2.92. The fourth-order valence-corrected chi connectivity index (χ4v) is 3.93. The van der Waals surface area contributed by atoms with E-state index < -0.39 is 0 Å². The first-order chi connectivity index (χ1) is 12.5. The highest BCUT2D eigenvalue weighted by molar-refractivity contribution is 7.13. The number of aromatic nitrogens is 1. The van der Waals surface area contributed by atoms with Crippen molar-refractivity contribution >= 4 is 39.9 Å². The lowest BCUT2D eigenvalue weighted by atomic mass is 10.2. The number of rotatable bonds is 4. The summed E-state index contributed by atoms with van der Waals surface area (Å²) in [5, 5.41) is 6.08. The summed E-state index contributed by atoms with van der Waals surface area (Å²) in [5.41, 5.74) is 1.40. The van der Waals surface area contributed by atoms with E-state index in [4.69, 9.17) is 11.6 Å². The molecule has 1 aromatic carbocycles. The maximum absolute atomic E-state index is 12.5. The zero-order valence-electron chi connectivity index (χ0n) is 14.6. The van der Waals surface area contributed by atoms with Gasteiger partial charge in [-0.25, -0.2) is 4.98 Å². The van der Waals surface area contributed by atoms with Gasteiger partial charge in [0.05, 0.1) is 22.8 Å². The fraction of sp³-hybridized carbons (Fsp3) is 0.389. The van der Waals surface area contributed by atoms with Crippen LogP contribution in [0.3, 0.4) is 0 Å². The Kier molecular flexibility index (Phi) is 6.11.